The van der Waals surface area contributed by atoms with Crippen LogP contribution in [0.2, 0.25) is 0 Å². The summed E-state index contributed by atoms with van der Waals surface area (Å²) in [6.45, 7) is 13.7. The molecule has 0 aromatic rings. The number of unbranched alkanes of at least 4 members (excludes halogenated alkanes) is 20. The number of allylic oxidation sites excluding steroid dienone is 1. The number of hydrogen-bond donors (Lipinski definition) is 4. The van der Waals surface area contributed by atoms with E-state index in [0.717, 1.165) is 19.6 Å². The largest absolute Gasteiger partial charge is 0.317 e. The van der Waals surface area contributed by atoms with Crippen molar-refractivity contribution >= 4 is 0 Å². The maximum Gasteiger partial charge on any atom is 0.0134 e. The Labute approximate surface area is 253 Å². The molecular formula is C36H76N4. The van der Waals surface area contributed by atoms with Crippen LogP contribution in [0.3, 0.4) is 0 Å². The minimum absolute atomic E-state index is 1.05. The van der Waals surface area contributed by atoms with E-state index in [4.69, 9.17) is 0 Å². The van der Waals surface area contributed by atoms with Gasteiger partial charge in [-0.2, -0.15) is 0 Å². The molecule has 4 heteroatoms. The molecular weight excluding hydrogens is 488 g/mol. The standard InChI is InChI=1S/C36H76N4/c1-3-5-6-7-8-9-10-11-12-13-14-15-17-20-23-31-38-32-24-21-18-16-19-22-25-33-39-35-28-29-36-40-34-27-26-30-37-4-2/h21,24,37-40H,3-20,22-23,25-36H2,1-2H3/b24-21+. The smallest absolute Gasteiger partial charge is 0.0134 e. The molecule has 240 valence electrons. The third-order valence-electron chi connectivity index (χ3n) is 8.02. The first kappa shape index (κ1) is 39.6. The van der Waals surface area contributed by atoms with Gasteiger partial charge in [-0.05, 0) is 97.2 Å². The fourth-order valence-electron chi connectivity index (χ4n) is 5.30. The average molecular weight is 565 g/mol. The van der Waals surface area contributed by atoms with E-state index in [9.17, 15) is 0 Å². The molecule has 4 nitrogen and oxygen atoms in total. The Bertz CT molecular complexity index is 414. The highest BCUT2D eigenvalue weighted by atomic mass is 14.9. The molecule has 0 atom stereocenters. The van der Waals surface area contributed by atoms with Crippen molar-refractivity contribution in [3.63, 3.8) is 0 Å². The van der Waals surface area contributed by atoms with Crippen molar-refractivity contribution in [2.75, 3.05) is 52.4 Å². The lowest BCUT2D eigenvalue weighted by molar-refractivity contribution is 0.529. The predicted molar refractivity (Wildman–Crippen MR) is 183 cm³/mol. The molecule has 0 aliphatic heterocycles. The third-order valence-corrected chi connectivity index (χ3v) is 8.02. The molecule has 0 amide bonds. The molecule has 0 aromatic carbocycles. The predicted octanol–water partition coefficient (Wildman–Crippen LogP) is 9.30. The van der Waals surface area contributed by atoms with E-state index in [1.807, 2.05) is 0 Å². The third kappa shape index (κ3) is 37.6. The minimum Gasteiger partial charge on any atom is -0.317 e. The minimum atomic E-state index is 1.05. The first-order chi connectivity index (χ1) is 19.9. The summed E-state index contributed by atoms with van der Waals surface area (Å²) in [4.78, 5) is 0. The van der Waals surface area contributed by atoms with Gasteiger partial charge in [0, 0.05) is 6.54 Å². The second-order valence-corrected chi connectivity index (χ2v) is 12.1. The zero-order chi connectivity index (χ0) is 28.9. The van der Waals surface area contributed by atoms with Crippen LogP contribution in [0.15, 0.2) is 12.2 Å². The van der Waals surface area contributed by atoms with Crippen LogP contribution < -0.4 is 21.3 Å². The quantitative estimate of drug-likeness (QED) is 0.0452. The molecule has 4 N–H and O–H groups in total. The Kier molecular flexibility index (Phi) is 38.2. The van der Waals surface area contributed by atoms with Crippen LogP contribution in [0.1, 0.15) is 168 Å². The van der Waals surface area contributed by atoms with Crippen LogP contribution in [0, 0.1) is 0 Å². The molecule has 0 saturated heterocycles. The van der Waals surface area contributed by atoms with Crippen LogP contribution in [0.25, 0.3) is 0 Å². The van der Waals surface area contributed by atoms with E-state index >= 15 is 0 Å². The van der Waals surface area contributed by atoms with Crippen molar-refractivity contribution < 1.29 is 0 Å². The van der Waals surface area contributed by atoms with Crippen LogP contribution in [0.4, 0.5) is 0 Å². The average Bonchev–Trinajstić information content (AvgIpc) is 2.97. The van der Waals surface area contributed by atoms with Gasteiger partial charge in [0.05, 0.1) is 0 Å². The molecule has 0 aliphatic rings. The first-order valence-corrected chi connectivity index (χ1v) is 18.4. The van der Waals surface area contributed by atoms with Gasteiger partial charge in [-0.25, -0.2) is 0 Å². The summed E-state index contributed by atoms with van der Waals surface area (Å²) in [5.41, 5.74) is 0. The maximum atomic E-state index is 3.62. The lowest BCUT2D eigenvalue weighted by atomic mass is 10.0. The highest BCUT2D eigenvalue weighted by molar-refractivity contribution is 4.83. The summed E-state index contributed by atoms with van der Waals surface area (Å²) >= 11 is 0. The summed E-state index contributed by atoms with van der Waals surface area (Å²) in [5.74, 6) is 0. The van der Waals surface area contributed by atoms with E-state index < -0.39 is 0 Å². The molecule has 0 unspecified atom stereocenters. The second kappa shape index (κ2) is 38.6. The Morgan fingerprint density at radius 3 is 1.12 bits per heavy atom. The highest BCUT2D eigenvalue weighted by Crippen LogP contribution is 2.13. The summed E-state index contributed by atoms with van der Waals surface area (Å²) in [5, 5.41) is 14.2. The van der Waals surface area contributed by atoms with Crippen molar-refractivity contribution in [2.24, 2.45) is 0 Å². The van der Waals surface area contributed by atoms with E-state index in [0.29, 0.717) is 0 Å². The topological polar surface area (TPSA) is 48.1 Å². The molecule has 0 heterocycles. The van der Waals surface area contributed by atoms with Gasteiger partial charge < -0.3 is 21.3 Å². The van der Waals surface area contributed by atoms with E-state index in [1.165, 1.54) is 187 Å². The Balaban J connectivity index is 3.08. The zero-order valence-electron chi connectivity index (χ0n) is 27.8. The molecule has 0 radical (unpaired) electrons. The summed E-state index contributed by atoms with van der Waals surface area (Å²) in [7, 11) is 0. The van der Waals surface area contributed by atoms with Crippen LogP contribution >= 0.6 is 0 Å². The molecule has 0 aliphatic carbocycles. The molecule has 0 rings (SSSR count). The monoisotopic (exact) mass is 565 g/mol. The lowest BCUT2D eigenvalue weighted by Crippen LogP contribution is -2.21. The van der Waals surface area contributed by atoms with E-state index in [-0.39, 0.29) is 0 Å². The van der Waals surface area contributed by atoms with Gasteiger partial charge in [0.25, 0.3) is 0 Å². The van der Waals surface area contributed by atoms with E-state index in [1.54, 1.807) is 0 Å². The first-order valence-electron chi connectivity index (χ1n) is 18.4. The maximum absolute atomic E-state index is 3.62. The molecule has 0 saturated carbocycles. The van der Waals surface area contributed by atoms with Crippen molar-refractivity contribution in [2.45, 2.75) is 168 Å². The Morgan fingerprint density at radius 1 is 0.325 bits per heavy atom. The normalized spacial score (nSPS) is 11.8. The molecule has 0 spiro atoms. The Morgan fingerprint density at radius 2 is 0.675 bits per heavy atom. The van der Waals surface area contributed by atoms with Gasteiger partial charge in [0.2, 0.25) is 0 Å². The van der Waals surface area contributed by atoms with Gasteiger partial charge in [-0.15, -0.1) is 0 Å². The second-order valence-electron chi connectivity index (χ2n) is 12.1. The summed E-state index contributed by atoms with van der Waals surface area (Å²) in [6.07, 6.45) is 38.2. The van der Waals surface area contributed by atoms with Crippen LogP contribution in [-0.4, -0.2) is 52.4 Å². The molecule has 0 fully saturated rings. The van der Waals surface area contributed by atoms with Crippen LogP contribution in [-0.2, 0) is 0 Å². The van der Waals surface area contributed by atoms with Gasteiger partial charge >= 0.3 is 0 Å². The van der Waals surface area contributed by atoms with Crippen molar-refractivity contribution in [1.82, 2.24) is 21.3 Å². The van der Waals surface area contributed by atoms with Crippen molar-refractivity contribution in [3.05, 3.63) is 12.2 Å². The summed E-state index contributed by atoms with van der Waals surface area (Å²) < 4.78 is 0. The van der Waals surface area contributed by atoms with Gasteiger partial charge in [-0.1, -0.05) is 129 Å². The van der Waals surface area contributed by atoms with E-state index in [2.05, 4.69) is 47.3 Å². The fourth-order valence-corrected chi connectivity index (χ4v) is 5.30. The highest BCUT2D eigenvalue weighted by Gasteiger charge is 1.95. The van der Waals surface area contributed by atoms with Crippen LogP contribution in [0.5, 0.6) is 0 Å². The zero-order valence-corrected chi connectivity index (χ0v) is 27.8. The van der Waals surface area contributed by atoms with Crippen molar-refractivity contribution in [3.8, 4) is 0 Å². The van der Waals surface area contributed by atoms with Crippen molar-refractivity contribution in [1.29, 1.82) is 0 Å². The molecule has 0 bridgehead atoms. The number of hydrogen-bond acceptors (Lipinski definition) is 4. The Hall–Kier alpha value is -0.420. The number of rotatable bonds is 36. The SMILES string of the molecule is CCCCCCCCCCCCCCCCCNC/C=C/CCCCCCNCCCCNCCCCNCC. The molecule has 40 heavy (non-hydrogen) atoms. The number of nitrogens with one attached hydrogen (secondary N) is 4. The van der Waals surface area contributed by atoms with Gasteiger partial charge in [-0.3, -0.25) is 0 Å². The lowest BCUT2D eigenvalue weighted by Gasteiger charge is -2.06. The fraction of sp³-hybridized carbons (Fsp3) is 0.944. The van der Waals surface area contributed by atoms with Gasteiger partial charge in [0.1, 0.15) is 0 Å². The van der Waals surface area contributed by atoms with Gasteiger partial charge in [0.15, 0.2) is 0 Å². The molecule has 0 aromatic heterocycles. The summed E-state index contributed by atoms with van der Waals surface area (Å²) in [6, 6.07) is 0.